The number of hydrogen-bond donors (Lipinski definition) is 0. The van der Waals surface area contributed by atoms with E-state index in [0.29, 0.717) is 0 Å². The van der Waals surface area contributed by atoms with Crippen molar-refractivity contribution in [3.05, 3.63) is 56.0 Å². The lowest BCUT2D eigenvalue weighted by atomic mass is 10.2. The molecule has 2 rings (SSSR count). The molecule has 2 aromatic rings. The Hall–Kier alpha value is -1.47. The van der Waals surface area contributed by atoms with E-state index in [1.54, 1.807) is 0 Å². The number of halogens is 6. The third kappa shape index (κ3) is 6.06. The van der Waals surface area contributed by atoms with E-state index >= 15 is 0 Å². The summed E-state index contributed by atoms with van der Waals surface area (Å²) in [5, 5.41) is 0.873. The Morgan fingerprint density at radius 2 is 1.65 bits per heavy atom. The van der Waals surface area contributed by atoms with Gasteiger partial charge in [-0.2, -0.15) is 8.78 Å². The van der Waals surface area contributed by atoms with Gasteiger partial charge in [0.1, 0.15) is 18.1 Å². The van der Waals surface area contributed by atoms with Crippen LogP contribution < -0.4 is 9.47 Å². The van der Waals surface area contributed by atoms with Gasteiger partial charge in [-0.3, -0.25) is 0 Å². The molecule has 0 fully saturated rings. The SMILES string of the molecule is O=C(COc1cc(Cl)c(Cl)cc1Cl)OCc1cc(Cl)ccc1OC(F)F. The molecule has 0 N–H and O–H groups in total. The minimum Gasteiger partial charge on any atom is -0.480 e. The topological polar surface area (TPSA) is 44.8 Å². The zero-order chi connectivity index (χ0) is 19.3. The van der Waals surface area contributed by atoms with Crippen LogP contribution in [0, 0.1) is 0 Å². The molecule has 0 saturated carbocycles. The van der Waals surface area contributed by atoms with E-state index in [0.717, 1.165) is 0 Å². The van der Waals surface area contributed by atoms with Crippen molar-refractivity contribution in [2.24, 2.45) is 0 Å². The lowest BCUT2D eigenvalue weighted by molar-refractivity contribution is -0.147. The number of hydrogen-bond acceptors (Lipinski definition) is 4. The second-order valence-electron chi connectivity index (χ2n) is 4.78. The van der Waals surface area contributed by atoms with Crippen molar-refractivity contribution >= 4 is 52.4 Å². The molecule has 0 aromatic heterocycles. The zero-order valence-electron chi connectivity index (χ0n) is 12.8. The van der Waals surface area contributed by atoms with E-state index in [9.17, 15) is 13.6 Å². The first-order valence-corrected chi connectivity index (χ1v) is 8.43. The molecule has 0 unspecified atom stereocenters. The van der Waals surface area contributed by atoms with Crippen LogP contribution in [0.1, 0.15) is 5.56 Å². The Morgan fingerprint density at radius 3 is 2.35 bits per heavy atom. The fourth-order valence-corrected chi connectivity index (χ4v) is 2.61. The van der Waals surface area contributed by atoms with Crippen molar-refractivity contribution in [2.75, 3.05) is 6.61 Å². The molecule has 4 nitrogen and oxygen atoms in total. The third-order valence-electron chi connectivity index (χ3n) is 2.95. The number of carbonyl (C=O) groups is 1. The Morgan fingerprint density at radius 1 is 0.962 bits per heavy atom. The van der Waals surface area contributed by atoms with Gasteiger partial charge in [0.25, 0.3) is 0 Å². The maximum atomic E-state index is 12.4. The van der Waals surface area contributed by atoms with E-state index in [4.69, 9.17) is 55.9 Å². The lowest BCUT2D eigenvalue weighted by Crippen LogP contribution is -2.15. The standard InChI is InChI=1S/C16H10Cl4F2O4/c17-9-1-2-13(26-16(21)22)8(3-9)6-25-15(23)7-24-14-5-11(19)10(18)4-12(14)20/h1-5,16H,6-7H2. The van der Waals surface area contributed by atoms with E-state index in [-0.39, 0.29) is 43.8 Å². The first kappa shape index (κ1) is 20.8. The molecule has 0 aliphatic rings. The van der Waals surface area contributed by atoms with Gasteiger partial charge in [-0.1, -0.05) is 46.4 Å². The van der Waals surface area contributed by atoms with Crippen LogP contribution in [0.25, 0.3) is 0 Å². The van der Waals surface area contributed by atoms with Crippen LogP contribution in [0.3, 0.4) is 0 Å². The molecule has 0 spiro atoms. The molecule has 0 bridgehead atoms. The van der Waals surface area contributed by atoms with Gasteiger partial charge in [-0.25, -0.2) is 4.79 Å². The van der Waals surface area contributed by atoms with Crippen LogP contribution in [0.2, 0.25) is 20.1 Å². The van der Waals surface area contributed by atoms with Crippen LogP contribution in [0.15, 0.2) is 30.3 Å². The van der Waals surface area contributed by atoms with Gasteiger partial charge < -0.3 is 14.2 Å². The van der Waals surface area contributed by atoms with Crippen molar-refractivity contribution in [3.63, 3.8) is 0 Å². The molecular formula is C16H10Cl4F2O4. The van der Waals surface area contributed by atoms with Crippen molar-refractivity contribution in [2.45, 2.75) is 13.2 Å². The number of esters is 1. The highest BCUT2D eigenvalue weighted by atomic mass is 35.5. The summed E-state index contributed by atoms with van der Waals surface area (Å²) in [4.78, 5) is 11.8. The summed E-state index contributed by atoms with van der Waals surface area (Å²) < 4.78 is 39.3. The fraction of sp³-hybridized carbons (Fsp3) is 0.188. The molecule has 2 aromatic carbocycles. The summed E-state index contributed by atoms with van der Waals surface area (Å²) in [6, 6.07) is 6.70. The van der Waals surface area contributed by atoms with Crippen molar-refractivity contribution in [1.29, 1.82) is 0 Å². The van der Waals surface area contributed by atoms with Crippen LogP contribution in [0.4, 0.5) is 8.78 Å². The molecule has 26 heavy (non-hydrogen) atoms. The predicted octanol–water partition coefficient (Wildman–Crippen LogP) is 6.02. The summed E-state index contributed by atoms with van der Waals surface area (Å²) in [6.45, 7) is -3.84. The first-order valence-electron chi connectivity index (χ1n) is 6.92. The first-order chi connectivity index (χ1) is 12.3. The lowest BCUT2D eigenvalue weighted by Gasteiger charge is -2.12. The smallest absolute Gasteiger partial charge is 0.387 e. The number of rotatable bonds is 7. The van der Waals surface area contributed by atoms with Crippen molar-refractivity contribution in [3.8, 4) is 11.5 Å². The van der Waals surface area contributed by atoms with Crippen LogP contribution in [-0.4, -0.2) is 19.2 Å². The number of carbonyl (C=O) groups excluding carboxylic acids is 1. The largest absolute Gasteiger partial charge is 0.480 e. The Labute approximate surface area is 167 Å². The molecular weight excluding hydrogens is 436 g/mol. The van der Waals surface area contributed by atoms with Gasteiger partial charge in [0, 0.05) is 16.7 Å². The van der Waals surface area contributed by atoms with Crippen LogP contribution in [-0.2, 0) is 16.1 Å². The van der Waals surface area contributed by atoms with Gasteiger partial charge in [0.05, 0.1) is 15.1 Å². The van der Waals surface area contributed by atoms with Crippen LogP contribution in [0.5, 0.6) is 11.5 Å². The minimum atomic E-state index is -3.02. The summed E-state index contributed by atoms with van der Waals surface area (Å²) in [5.74, 6) is -0.775. The molecule has 0 heterocycles. The molecule has 0 atom stereocenters. The van der Waals surface area contributed by atoms with Gasteiger partial charge in [-0.15, -0.1) is 0 Å². The maximum absolute atomic E-state index is 12.4. The van der Waals surface area contributed by atoms with Crippen LogP contribution >= 0.6 is 46.4 Å². The molecule has 0 amide bonds. The van der Waals surface area contributed by atoms with E-state index in [2.05, 4.69) is 4.74 Å². The second kappa shape index (κ2) is 9.46. The molecule has 0 aliphatic carbocycles. The molecule has 0 radical (unpaired) electrons. The Balaban J connectivity index is 1.95. The highest BCUT2D eigenvalue weighted by Gasteiger charge is 2.14. The molecule has 10 heteroatoms. The maximum Gasteiger partial charge on any atom is 0.387 e. The Kier molecular flexibility index (Phi) is 7.58. The van der Waals surface area contributed by atoms with Crippen molar-refractivity contribution < 1.29 is 27.8 Å². The summed E-state index contributed by atoms with van der Waals surface area (Å²) >= 11 is 23.4. The van der Waals surface area contributed by atoms with E-state index in [1.165, 1.54) is 30.3 Å². The number of alkyl halides is 2. The zero-order valence-corrected chi connectivity index (χ0v) is 15.8. The Bertz CT molecular complexity index is 802. The highest BCUT2D eigenvalue weighted by Crippen LogP contribution is 2.33. The highest BCUT2D eigenvalue weighted by molar-refractivity contribution is 6.43. The van der Waals surface area contributed by atoms with Gasteiger partial charge >= 0.3 is 12.6 Å². The average Bonchev–Trinajstić information content (AvgIpc) is 2.56. The van der Waals surface area contributed by atoms with Gasteiger partial charge in [0.15, 0.2) is 6.61 Å². The second-order valence-corrected chi connectivity index (χ2v) is 6.43. The fourth-order valence-electron chi connectivity index (χ4n) is 1.82. The summed E-state index contributed by atoms with van der Waals surface area (Å²) in [5.41, 5.74) is 0.179. The minimum absolute atomic E-state index is 0.141. The average molecular weight is 446 g/mol. The molecule has 0 saturated heterocycles. The van der Waals surface area contributed by atoms with E-state index in [1.807, 2.05) is 0 Å². The third-order valence-corrected chi connectivity index (χ3v) is 4.20. The summed E-state index contributed by atoms with van der Waals surface area (Å²) in [6.07, 6.45) is 0. The summed E-state index contributed by atoms with van der Waals surface area (Å²) in [7, 11) is 0. The van der Waals surface area contributed by atoms with Gasteiger partial charge in [-0.05, 0) is 24.3 Å². The predicted molar refractivity (Wildman–Crippen MR) is 94.8 cm³/mol. The normalized spacial score (nSPS) is 10.7. The molecule has 0 aliphatic heterocycles. The van der Waals surface area contributed by atoms with Gasteiger partial charge in [0.2, 0.25) is 0 Å². The molecule has 140 valence electrons. The number of benzene rings is 2. The monoisotopic (exact) mass is 444 g/mol. The number of ether oxygens (including phenoxy) is 3. The van der Waals surface area contributed by atoms with E-state index < -0.39 is 19.2 Å². The quantitative estimate of drug-likeness (QED) is 0.386. The van der Waals surface area contributed by atoms with Crippen molar-refractivity contribution in [1.82, 2.24) is 0 Å².